The van der Waals surface area contributed by atoms with E-state index in [1.54, 1.807) is 19.4 Å². The van der Waals surface area contributed by atoms with Gasteiger partial charge in [0.15, 0.2) is 0 Å². The summed E-state index contributed by atoms with van der Waals surface area (Å²) in [7, 11) is 1.65. The van der Waals surface area contributed by atoms with Gasteiger partial charge in [-0.1, -0.05) is 42.5 Å². The zero-order chi connectivity index (χ0) is 23.2. The number of fused-ring (bicyclic) bond motifs is 1. The highest BCUT2D eigenvalue weighted by molar-refractivity contribution is 6.00. The van der Waals surface area contributed by atoms with Gasteiger partial charge in [0.05, 0.1) is 20.0 Å². The van der Waals surface area contributed by atoms with Gasteiger partial charge in [-0.15, -0.1) is 0 Å². The second-order valence-corrected chi connectivity index (χ2v) is 7.69. The van der Waals surface area contributed by atoms with Crippen LogP contribution < -0.4 is 14.8 Å². The monoisotopic (exact) mass is 441 g/mol. The van der Waals surface area contributed by atoms with Crippen molar-refractivity contribution in [3.05, 3.63) is 90.2 Å². The first-order chi connectivity index (χ1) is 16.1. The largest absolute Gasteiger partial charge is 0.497 e. The fraction of sp³-hybridized carbons (Fsp3) is 0.179. The molecule has 4 aromatic rings. The standard InChI is InChI=1S/C28H27NO4/c1-4-32-26-16-27-24(25(18-33-27)21-10-12-22(31-3)13-11-21)15-23(26)19(2)14-28(30)29-17-20-8-6-5-7-9-20/h5-16,18H,4,17H2,1-3H3,(H,29,30)/b19-14+. The van der Waals surface area contributed by atoms with Gasteiger partial charge >= 0.3 is 0 Å². The zero-order valence-electron chi connectivity index (χ0n) is 19.1. The van der Waals surface area contributed by atoms with E-state index in [4.69, 9.17) is 13.9 Å². The van der Waals surface area contributed by atoms with Crippen LogP contribution in [0.15, 0.2) is 83.5 Å². The number of amides is 1. The molecule has 4 rings (SSSR count). The molecule has 0 fully saturated rings. The molecular weight excluding hydrogens is 414 g/mol. The van der Waals surface area contributed by atoms with Crippen molar-refractivity contribution in [1.29, 1.82) is 0 Å². The van der Waals surface area contributed by atoms with Crippen molar-refractivity contribution in [3.8, 4) is 22.6 Å². The third kappa shape index (κ3) is 5.09. The minimum Gasteiger partial charge on any atom is -0.497 e. The molecule has 0 aliphatic rings. The molecule has 33 heavy (non-hydrogen) atoms. The van der Waals surface area contributed by atoms with Crippen molar-refractivity contribution in [2.45, 2.75) is 20.4 Å². The molecule has 0 aliphatic heterocycles. The summed E-state index contributed by atoms with van der Waals surface area (Å²) in [5.41, 5.74) is 5.44. The second-order valence-electron chi connectivity index (χ2n) is 7.69. The van der Waals surface area contributed by atoms with Crippen LogP contribution in [0.5, 0.6) is 11.5 Å². The van der Waals surface area contributed by atoms with E-state index in [-0.39, 0.29) is 5.91 Å². The van der Waals surface area contributed by atoms with Crippen molar-refractivity contribution in [2.24, 2.45) is 0 Å². The summed E-state index contributed by atoms with van der Waals surface area (Å²) in [4.78, 5) is 12.6. The summed E-state index contributed by atoms with van der Waals surface area (Å²) < 4.78 is 17.0. The highest BCUT2D eigenvalue weighted by Gasteiger charge is 2.15. The molecule has 0 saturated heterocycles. The summed E-state index contributed by atoms with van der Waals surface area (Å²) in [6.07, 6.45) is 3.36. The Bertz CT molecular complexity index is 1270. The molecule has 3 aromatic carbocycles. The lowest BCUT2D eigenvalue weighted by molar-refractivity contribution is -0.116. The Morgan fingerprint density at radius 1 is 1.06 bits per heavy atom. The number of hydrogen-bond donors (Lipinski definition) is 1. The molecule has 5 heteroatoms. The van der Waals surface area contributed by atoms with Crippen molar-refractivity contribution >= 4 is 22.4 Å². The number of methoxy groups -OCH3 is 1. The van der Waals surface area contributed by atoms with Crippen LogP contribution in [-0.2, 0) is 11.3 Å². The van der Waals surface area contributed by atoms with Crippen LogP contribution in [0.4, 0.5) is 0 Å². The zero-order valence-corrected chi connectivity index (χ0v) is 19.1. The van der Waals surface area contributed by atoms with Crippen LogP contribution in [0, 0.1) is 0 Å². The topological polar surface area (TPSA) is 60.7 Å². The van der Waals surface area contributed by atoms with E-state index >= 15 is 0 Å². The Morgan fingerprint density at radius 3 is 2.52 bits per heavy atom. The molecule has 0 saturated carbocycles. The van der Waals surface area contributed by atoms with Gasteiger partial charge in [-0.3, -0.25) is 4.79 Å². The number of furan rings is 1. The summed E-state index contributed by atoms with van der Waals surface area (Å²) >= 11 is 0. The number of benzene rings is 3. The van der Waals surface area contributed by atoms with Crippen LogP contribution in [0.25, 0.3) is 27.7 Å². The van der Waals surface area contributed by atoms with Gasteiger partial charge < -0.3 is 19.2 Å². The first-order valence-corrected chi connectivity index (χ1v) is 10.9. The van der Waals surface area contributed by atoms with Gasteiger partial charge in [0.25, 0.3) is 0 Å². The Hall–Kier alpha value is -3.99. The number of carbonyl (C=O) groups excluding carboxylic acids is 1. The van der Waals surface area contributed by atoms with Gasteiger partial charge in [0.1, 0.15) is 17.1 Å². The van der Waals surface area contributed by atoms with Crippen LogP contribution in [0.1, 0.15) is 25.0 Å². The van der Waals surface area contributed by atoms with Gasteiger partial charge in [-0.2, -0.15) is 0 Å². The minimum absolute atomic E-state index is 0.151. The quantitative estimate of drug-likeness (QED) is 0.330. The predicted molar refractivity (Wildman–Crippen MR) is 131 cm³/mol. The molecule has 5 nitrogen and oxygen atoms in total. The average molecular weight is 442 g/mol. The molecule has 0 spiro atoms. The van der Waals surface area contributed by atoms with Gasteiger partial charge in [-0.05, 0) is 48.7 Å². The molecule has 1 amide bonds. The number of allylic oxidation sites excluding steroid dienone is 1. The molecule has 0 aliphatic carbocycles. The SMILES string of the molecule is CCOc1cc2occ(-c3ccc(OC)cc3)c2cc1/C(C)=C/C(=O)NCc1ccccc1. The van der Waals surface area contributed by atoms with Gasteiger partial charge in [-0.25, -0.2) is 0 Å². The predicted octanol–water partition coefficient (Wildman–Crippen LogP) is 6.23. The molecular formula is C28H27NO4. The maximum Gasteiger partial charge on any atom is 0.244 e. The van der Waals surface area contributed by atoms with Crippen molar-refractivity contribution in [3.63, 3.8) is 0 Å². The van der Waals surface area contributed by atoms with E-state index in [0.29, 0.717) is 18.9 Å². The summed E-state index contributed by atoms with van der Waals surface area (Å²) in [6.45, 7) is 4.84. The Morgan fingerprint density at radius 2 is 1.82 bits per heavy atom. The van der Waals surface area contributed by atoms with Crippen molar-refractivity contribution in [1.82, 2.24) is 5.32 Å². The highest BCUT2D eigenvalue weighted by Crippen LogP contribution is 2.37. The number of nitrogens with one attached hydrogen (secondary N) is 1. The Balaban J connectivity index is 1.66. The first kappa shape index (κ1) is 22.2. The molecule has 168 valence electrons. The first-order valence-electron chi connectivity index (χ1n) is 10.9. The minimum atomic E-state index is -0.151. The van der Waals surface area contributed by atoms with E-state index in [1.165, 1.54) is 0 Å². The number of ether oxygens (including phenoxy) is 2. The molecule has 0 unspecified atom stereocenters. The molecule has 1 heterocycles. The Kier molecular flexibility index (Phi) is 6.79. The number of hydrogen-bond acceptors (Lipinski definition) is 4. The van der Waals surface area contributed by atoms with Crippen LogP contribution in [0.2, 0.25) is 0 Å². The lowest BCUT2D eigenvalue weighted by atomic mass is 9.99. The van der Waals surface area contributed by atoms with E-state index in [2.05, 4.69) is 5.32 Å². The molecule has 0 bridgehead atoms. The van der Waals surface area contributed by atoms with Gasteiger partial charge in [0.2, 0.25) is 5.91 Å². The normalized spacial score (nSPS) is 11.4. The molecule has 1 N–H and O–H groups in total. The third-order valence-electron chi connectivity index (χ3n) is 5.46. The Labute approximate surface area is 193 Å². The third-order valence-corrected chi connectivity index (χ3v) is 5.46. The average Bonchev–Trinajstić information content (AvgIpc) is 3.26. The maximum absolute atomic E-state index is 12.6. The lowest BCUT2D eigenvalue weighted by Crippen LogP contribution is -2.20. The summed E-state index contributed by atoms with van der Waals surface area (Å²) in [5, 5.41) is 3.90. The molecule has 0 atom stereocenters. The lowest BCUT2D eigenvalue weighted by Gasteiger charge is -2.12. The summed E-state index contributed by atoms with van der Waals surface area (Å²) in [6, 6.07) is 21.6. The van der Waals surface area contributed by atoms with Crippen LogP contribution in [0.3, 0.4) is 0 Å². The second kappa shape index (κ2) is 10.1. The van der Waals surface area contributed by atoms with E-state index in [1.807, 2.05) is 80.6 Å². The smallest absolute Gasteiger partial charge is 0.244 e. The van der Waals surface area contributed by atoms with Crippen molar-refractivity contribution < 1.29 is 18.7 Å². The van der Waals surface area contributed by atoms with E-state index in [9.17, 15) is 4.79 Å². The summed E-state index contributed by atoms with van der Waals surface area (Å²) in [5.74, 6) is 1.33. The van der Waals surface area contributed by atoms with Crippen LogP contribution in [-0.4, -0.2) is 19.6 Å². The number of carbonyl (C=O) groups is 1. The van der Waals surface area contributed by atoms with Crippen molar-refractivity contribution in [2.75, 3.05) is 13.7 Å². The molecule has 0 radical (unpaired) electrons. The fourth-order valence-corrected chi connectivity index (χ4v) is 3.74. The van der Waals surface area contributed by atoms with Crippen LogP contribution >= 0.6 is 0 Å². The number of rotatable bonds is 8. The maximum atomic E-state index is 12.6. The van der Waals surface area contributed by atoms with Gasteiger partial charge in [0, 0.05) is 35.2 Å². The fourth-order valence-electron chi connectivity index (χ4n) is 3.74. The van der Waals surface area contributed by atoms with E-state index in [0.717, 1.165) is 44.5 Å². The molecule has 1 aromatic heterocycles. The highest BCUT2D eigenvalue weighted by atomic mass is 16.5. The van der Waals surface area contributed by atoms with E-state index < -0.39 is 0 Å².